The smallest absolute Gasteiger partial charge is 0.159 e. The lowest BCUT2D eigenvalue weighted by atomic mass is 10.3. The monoisotopic (exact) mass is 298 g/mol. The Bertz CT molecular complexity index is 535. The van der Waals surface area contributed by atoms with Crippen molar-refractivity contribution in [2.24, 2.45) is 0 Å². The van der Waals surface area contributed by atoms with Crippen LogP contribution in [0.15, 0.2) is 22.7 Å². The lowest BCUT2D eigenvalue weighted by Gasteiger charge is -2.06. The largest absolute Gasteiger partial charge is 0.196 e. The average molecular weight is 300 g/mol. The number of hydrogen-bond donors (Lipinski definition) is 0. The summed E-state index contributed by atoms with van der Waals surface area (Å²) < 4.78 is 2.67. The minimum absolute atomic E-state index is 0.512. The SMILES string of the molecule is Clc1ccc(-n2nnnc2C2CC2)c(Br)c1. The van der Waals surface area contributed by atoms with Gasteiger partial charge in [-0.2, -0.15) is 4.68 Å². The molecular weight excluding hydrogens is 291 g/mol. The summed E-state index contributed by atoms with van der Waals surface area (Å²) in [6.07, 6.45) is 2.34. The zero-order valence-electron chi connectivity index (χ0n) is 8.27. The maximum absolute atomic E-state index is 5.90. The van der Waals surface area contributed by atoms with Crippen LogP contribution in [0.2, 0.25) is 5.02 Å². The molecule has 16 heavy (non-hydrogen) atoms. The van der Waals surface area contributed by atoms with Gasteiger partial charge in [0, 0.05) is 15.4 Å². The maximum Gasteiger partial charge on any atom is 0.159 e. The van der Waals surface area contributed by atoms with E-state index in [1.807, 2.05) is 18.2 Å². The quantitative estimate of drug-likeness (QED) is 0.856. The van der Waals surface area contributed by atoms with Crippen LogP contribution in [0.4, 0.5) is 0 Å². The highest BCUT2D eigenvalue weighted by Gasteiger charge is 2.30. The van der Waals surface area contributed by atoms with Gasteiger partial charge in [0.05, 0.1) is 5.69 Å². The third-order valence-electron chi connectivity index (χ3n) is 2.57. The van der Waals surface area contributed by atoms with Crippen molar-refractivity contribution in [1.29, 1.82) is 0 Å². The van der Waals surface area contributed by atoms with Gasteiger partial charge in [0.15, 0.2) is 5.82 Å². The molecular formula is C10H8BrClN4. The second kappa shape index (κ2) is 3.82. The van der Waals surface area contributed by atoms with E-state index in [1.165, 1.54) is 12.8 Å². The first kappa shape index (κ1) is 10.2. The fourth-order valence-corrected chi connectivity index (χ4v) is 2.47. The van der Waals surface area contributed by atoms with Gasteiger partial charge in [0.2, 0.25) is 0 Å². The van der Waals surface area contributed by atoms with Gasteiger partial charge in [-0.15, -0.1) is 5.10 Å². The van der Waals surface area contributed by atoms with E-state index < -0.39 is 0 Å². The second-order valence-corrected chi connectivity index (χ2v) is 5.11. The molecule has 4 nitrogen and oxygen atoms in total. The third-order valence-corrected chi connectivity index (χ3v) is 3.44. The van der Waals surface area contributed by atoms with Crippen molar-refractivity contribution in [1.82, 2.24) is 20.2 Å². The molecule has 2 aromatic rings. The van der Waals surface area contributed by atoms with Gasteiger partial charge in [-0.1, -0.05) is 11.6 Å². The molecule has 0 unspecified atom stereocenters. The summed E-state index contributed by atoms with van der Waals surface area (Å²) in [6.45, 7) is 0. The zero-order valence-corrected chi connectivity index (χ0v) is 10.6. The zero-order chi connectivity index (χ0) is 11.1. The van der Waals surface area contributed by atoms with E-state index in [9.17, 15) is 0 Å². The molecule has 0 radical (unpaired) electrons. The van der Waals surface area contributed by atoms with Gasteiger partial charge in [0.1, 0.15) is 0 Å². The van der Waals surface area contributed by atoms with Crippen molar-refractivity contribution < 1.29 is 0 Å². The molecule has 0 bridgehead atoms. The van der Waals surface area contributed by atoms with Crippen LogP contribution in [0.1, 0.15) is 24.6 Å². The standard InChI is InChI=1S/C10H8BrClN4/c11-8-5-7(12)3-4-9(8)16-10(6-1-2-6)13-14-15-16/h3-6H,1-2H2. The fraction of sp³-hybridized carbons (Fsp3) is 0.300. The van der Waals surface area contributed by atoms with Crippen LogP contribution in [0.3, 0.4) is 0 Å². The summed E-state index contributed by atoms with van der Waals surface area (Å²) in [7, 11) is 0. The first-order valence-electron chi connectivity index (χ1n) is 4.99. The maximum atomic E-state index is 5.90. The molecule has 1 aromatic carbocycles. The molecule has 1 saturated carbocycles. The Morgan fingerprint density at radius 3 is 2.88 bits per heavy atom. The molecule has 0 spiro atoms. The predicted molar refractivity (Wildman–Crippen MR) is 63.8 cm³/mol. The second-order valence-electron chi connectivity index (χ2n) is 3.82. The van der Waals surface area contributed by atoms with E-state index in [-0.39, 0.29) is 0 Å². The van der Waals surface area contributed by atoms with Crippen LogP contribution in [-0.2, 0) is 0 Å². The minimum Gasteiger partial charge on any atom is -0.196 e. The van der Waals surface area contributed by atoms with Crippen LogP contribution < -0.4 is 0 Å². The lowest BCUT2D eigenvalue weighted by molar-refractivity contribution is 0.761. The van der Waals surface area contributed by atoms with E-state index in [1.54, 1.807) is 4.68 Å². The van der Waals surface area contributed by atoms with Gasteiger partial charge in [-0.3, -0.25) is 0 Å². The molecule has 0 saturated heterocycles. The highest BCUT2D eigenvalue weighted by Crippen LogP contribution is 2.39. The summed E-state index contributed by atoms with van der Waals surface area (Å²) in [5.41, 5.74) is 0.927. The fourth-order valence-electron chi connectivity index (χ4n) is 1.61. The van der Waals surface area contributed by atoms with E-state index in [4.69, 9.17) is 11.6 Å². The Hall–Kier alpha value is -0.940. The number of aromatic nitrogens is 4. The van der Waals surface area contributed by atoms with Gasteiger partial charge in [-0.25, -0.2) is 0 Å². The number of benzene rings is 1. The number of hydrogen-bond acceptors (Lipinski definition) is 3. The van der Waals surface area contributed by atoms with Gasteiger partial charge < -0.3 is 0 Å². The summed E-state index contributed by atoms with van der Waals surface area (Å²) in [5, 5.41) is 12.5. The molecule has 0 aliphatic heterocycles. The summed E-state index contributed by atoms with van der Waals surface area (Å²) in [6, 6.07) is 5.59. The molecule has 1 aliphatic carbocycles. The first-order valence-corrected chi connectivity index (χ1v) is 6.16. The van der Waals surface area contributed by atoms with E-state index >= 15 is 0 Å². The molecule has 82 valence electrons. The number of rotatable bonds is 2. The Morgan fingerprint density at radius 1 is 1.38 bits per heavy atom. The van der Waals surface area contributed by atoms with Crippen molar-refractivity contribution in [2.45, 2.75) is 18.8 Å². The van der Waals surface area contributed by atoms with Crippen LogP contribution >= 0.6 is 27.5 Å². The highest BCUT2D eigenvalue weighted by molar-refractivity contribution is 9.10. The molecule has 6 heteroatoms. The van der Waals surface area contributed by atoms with E-state index in [2.05, 4.69) is 31.5 Å². The molecule has 1 aromatic heterocycles. The van der Waals surface area contributed by atoms with Crippen molar-refractivity contribution in [2.75, 3.05) is 0 Å². The molecule has 1 heterocycles. The van der Waals surface area contributed by atoms with Crippen LogP contribution in [0.25, 0.3) is 5.69 Å². The molecule has 0 atom stereocenters. The summed E-state index contributed by atoms with van der Waals surface area (Å²) >= 11 is 9.37. The highest BCUT2D eigenvalue weighted by atomic mass is 79.9. The van der Waals surface area contributed by atoms with E-state index in [0.717, 1.165) is 16.0 Å². The Balaban J connectivity index is 2.10. The Morgan fingerprint density at radius 2 is 2.19 bits per heavy atom. The van der Waals surface area contributed by atoms with Crippen LogP contribution in [0, 0.1) is 0 Å². The average Bonchev–Trinajstić information content (AvgIpc) is 2.98. The number of nitrogens with zero attached hydrogens (tertiary/aromatic N) is 4. The minimum atomic E-state index is 0.512. The van der Waals surface area contributed by atoms with Gasteiger partial charge in [0.25, 0.3) is 0 Å². The van der Waals surface area contributed by atoms with E-state index in [0.29, 0.717) is 10.9 Å². The van der Waals surface area contributed by atoms with Crippen molar-refractivity contribution >= 4 is 27.5 Å². The third kappa shape index (κ3) is 1.74. The molecule has 1 fully saturated rings. The summed E-state index contributed by atoms with van der Waals surface area (Å²) in [5.74, 6) is 1.45. The first-order chi connectivity index (χ1) is 7.75. The summed E-state index contributed by atoms with van der Waals surface area (Å²) in [4.78, 5) is 0. The molecule has 0 N–H and O–H groups in total. The predicted octanol–water partition coefficient (Wildman–Crippen LogP) is 2.96. The van der Waals surface area contributed by atoms with Gasteiger partial charge in [-0.05, 0) is 57.4 Å². The van der Waals surface area contributed by atoms with Crippen LogP contribution in [-0.4, -0.2) is 20.2 Å². The van der Waals surface area contributed by atoms with Crippen LogP contribution in [0.5, 0.6) is 0 Å². The van der Waals surface area contributed by atoms with Crippen molar-refractivity contribution in [3.05, 3.63) is 33.5 Å². The van der Waals surface area contributed by atoms with Crippen molar-refractivity contribution in [3.63, 3.8) is 0 Å². The number of halogens is 2. The molecule has 3 rings (SSSR count). The molecule has 1 aliphatic rings. The number of tetrazole rings is 1. The Kier molecular flexibility index (Phi) is 2.44. The normalized spacial score (nSPS) is 15.4. The van der Waals surface area contributed by atoms with Gasteiger partial charge >= 0.3 is 0 Å². The lowest BCUT2D eigenvalue weighted by Crippen LogP contribution is -2.02. The van der Waals surface area contributed by atoms with Crippen molar-refractivity contribution in [3.8, 4) is 5.69 Å². The topological polar surface area (TPSA) is 43.6 Å². The molecule has 0 amide bonds. The Labute approximate surface area is 106 Å².